The average molecular weight is 366 g/mol. The van der Waals surface area contributed by atoms with Crippen molar-refractivity contribution in [3.63, 3.8) is 0 Å². The highest BCUT2D eigenvalue weighted by atomic mass is 16.2. The first-order valence-corrected chi connectivity index (χ1v) is 8.85. The molecule has 1 aromatic heterocycles. The molecule has 2 rings (SSSR count). The third-order valence-electron chi connectivity index (χ3n) is 4.15. The number of carbonyl (C=O) groups excluding carboxylic acids is 2. The van der Waals surface area contributed by atoms with Gasteiger partial charge >= 0.3 is 11.7 Å². The van der Waals surface area contributed by atoms with Gasteiger partial charge in [0.25, 0.3) is 5.56 Å². The lowest BCUT2D eigenvalue weighted by atomic mass is 10.3. The number of H-pyrrole nitrogens is 1. The molecule has 5 N–H and O–H groups in total. The molecule has 144 valence electrons. The van der Waals surface area contributed by atoms with E-state index in [1.165, 1.54) is 9.47 Å². The maximum absolute atomic E-state index is 12.2. The van der Waals surface area contributed by atoms with Gasteiger partial charge in [-0.05, 0) is 26.2 Å². The Morgan fingerprint density at radius 3 is 2.58 bits per heavy atom. The van der Waals surface area contributed by atoms with Crippen molar-refractivity contribution >= 4 is 23.4 Å². The van der Waals surface area contributed by atoms with Crippen molar-refractivity contribution in [1.29, 1.82) is 0 Å². The first-order chi connectivity index (χ1) is 12.4. The normalized spacial score (nSPS) is 13.3. The molecule has 1 aliphatic carbocycles. The standard InChI is InChI=1S/C16H26N6O4/c1-3-5-8-22-13(17)12(14(24)20-16(22)26)21(4-2)9-11(23)19-15(25)18-10-6-7-10/h10H,3-9,17H2,1-2H3,(H,20,24,26)(H2,18,19,23,25). The number of imide groups is 1. The van der Waals surface area contributed by atoms with E-state index < -0.39 is 23.2 Å². The molecule has 0 bridgehead atoms. The molecule has 0 unspecified atom stereocenters. The van der Waals surface area contributed by atoms with E-state index in [0.29, 0.717) is 13.1 Å². The van der Waals surface area contributed by atoms with E-state index >= 15 is 0 Å². The lowest BCUT2D eigenvalue weighted by Crippen LogP contribution is -2.47. The summed E-state index contributed by atoms with van der Waals surface area (Å²) in [5.41, 5.74) is 4.87. The van der Waals surface area contributed by atoms with Gasteiger partial charge in [0, 0.05) is 19.1 Å². The van der Waals surface area contributed by atoms with Crippen molar-refractivity contribution in [1.82, 2.24) is 20.2 Å². The summed E-state index contributed by atoms with van der Waals surface area (Å²) in [4.78, 5) is 51.7. The number of likely N-dealkylation sites (N-methyl/N-ethyl adjacent to an activating group) is 1. The number of urea groups is 1. The summed E-state index contributed by atoms with van der Waals surface area (Å²) in [5, 5.41) is 4.88. The Labute approximate surface area is 150 Å². The fraction of sp³-hybridized carbons (Fsp3) is 0.625. The molecule has 0 saturated heterocycles. The minimum Gasteiger partial charge on any atom is -0.383 e. The largest absolute Gasteiger partial charge is 0.383 e. The molecule has 1 fully saturated rings. The van der Waals surface area contributed by atoms with Crippen LogP contribution in [-0.2, 0) is 11.3 Å². The Kier molecular flexibility index (Phi) is 6.42. The van der Waals surface area contributed by atoms with E-state index in [4.69, 9.17) is 5.73 Å². The Morgan fingerprint density at radius 1 is 1.31 bits per heavy atom. The quantitative estimate of drug-likeness (QED) is 0.499. The lowest BCUT2D eigenvalue weighted by Gasteiger charge is -2.24. The molecule has 0 atom stereocenters. The first kappa shape index (κ1) is 19.5. The predicted molar refractivity (Wildman–Crippen MR) is 98.2 cm³/mol. The molecule has 1 aromatic rings. The van der Waals surface area contributed by atoms with E-state index in [1.54, 1.807) is 6.92 Å². The SMILES string of the molecule is CCCCn1c(N)c(N(CC)CC(=O)NC(=O)NC2CC2)c(=O)[nH]c1=O. The smallest absolute Gasteiger partial charge is 0.330 e. The Hall–Kier alpha value is -2.78. The van der Waals surface area contributed by atoms with Crippen molar-refractivity contribution < 1.29 is 9.59 Å². The van der Waals surface area contributed by atoms with Gasteiger partial charge in [0.1, 0.15) is 11.5 Å². The van der Waals surface area contributed by atoms with E-state index in [9.17, 15) is 19.2 Å². The number of nitrogens with zero attached hydrogens (tertiary/aromatic N) is 2. The van der Waals surface area contributed by atoms with E-state index in [-0.39, 0.29) is 24.1 Å². The average Bonchev–Trinajstić information content (AvgIpc) is 3.37. The minimum absolute atomic E-state index is 0.0179. The lowest BCUT2D eigenvalue weighted by molar-refractivity contribution is -0.118. The van der Waals surface area contributed by atoms with Crippen LogP contribution in [0.15, 0.2) is 9.59 Å². The fourth-order valence-electron chi connectivity index (χ4n) is 2.56. The van der Waals surface area contributed by atoms with Gasteiger partial charge in [-0.2, -0.15) is 0 Å². The molecule has 0 radical (unpaired) electrons. The maximum Gasteiger partial charge on any atom is 0.330 e. The summed E-state index contributed by atoms with van der Waals surface area (Å²) >= 11 is 0. The van der Waals surface area contributed by atoms with Crippen LogP contribution in [0.3, 0.4) is 0 Å². The number of carbonyl (C=O) groups is 2. The summed E-state index contributed by atoms with van der Waals surface area (Å²) in [6.07, 6.45) is 3.40. The fourth-order valence-corrected chi connectivity index (χ4v) is 2.56. The molecule has 0 aliphatic heterocycles. The topological polar surface area (TPSA) is 142 Å². The van der Waals surface area contributed by atoms with Gasteiger partial charge in [-0.15, -0.1) is 0 Å². The van der Waals surface area contributed by atoms with Crippen LogP contribution in [0.2, 0.25) is 0 Å². The molecule has 1 aliphatic rings. The van der Waals surface area contributed by atoms with E-state index in [2.05, 4.69) is 15.6 Å². The van der Waals surface area contributed by atoms with Crippen LogP contribution in [-0.4, -0.2) is 40.6 Å². The summed E-state index contributed by atoms with van der Waals surface area (Å²) < 4.78 is 1.29. The van der Waals surface area contributed by atoms with Crippen molar-refractivity contribution in [2.45, 2.75) is 52.1 Å². The molecular formula is C16H26N6O4. The third-order valence-corrected chi connectivity index (χ3v) is 4.15. The van der Waals surface area contributed by atoms with Gasteiger partial charge in [0.2, 0.25) is 5.91 Å². The summed E-state index contributed by atoms with van der Waals surface area (Å²) in [6.45, 7) is 4.17. The molecule has 0 spiro atoms. The molecule has 1 saturated carbocycles. The number of nitrogens with two attached hydrogens (primary N) is 1. The first-order valence-electron chi connectivity index (χ1n) is 8.85. The number of hydrogen-bond acceptors (Lipinski definition) is 6. The number of aromatic amines is 1. The number of amides is 3. The van der Waals surface area contributed by atoms with Crippen molar-refractivity contribution in [3.8, 4) is 0 Å². The summed E-state index contributed by atoms with van der Waals surface area (Å²) in [7, 11) is 0. The number of hydrogen-bond donors (Lipinski definition) is 4. The molecule has 10 heteroatoms. The third kappa shape index (κ3) is 4.87. The number of rotatable bonds is 8. The van der Waals surface area contributed by atoms with Gasteiger partial charge in [0.05, 0.1) is 6.54 Å². The minimum atomic E-state index is -0.655. The van der Waals surface area contributed by atoms with Gasteiger partial charge in [-0.3, -0.25) is 24.5 Å². The van der Waals surface area contributed by atoms with Gasteiger partial charge in [-0.25, -0.2) is 9.59 Å². The van der Waals surface area contributed by atoms with Gasteiger partial charge in [-0.1, -0.05) is 13.3 Å². The van der Waals surface area contributed by atoms with Gasteiger partial charge in [0.15, 0.2) is 0 Å². The zero-order chi connectivity index (χ0) is 19.3. The van der Waals surface area contributed by atoms with Crippen molar-refractivity contribution in [2.24, 2.45) is 0 Å². The molecule has 0 aromatic carbocycles. The second-order valence-corrected chi connectivity index (χ2v) is 6.31. The second-order valence-electron chi connectivity index (χ2n) is 6.31. The number of nitrogen functional groups attached to an aromatic ring is 1. The molecular weight excluding hydrogens is 340 g/mol. The van der Waals surface area contributed by atoms with E-state index in [0.717, 1.165) is 25.7 Å². The zero-order valence-electron chi connectivity index (χ0n) is 15.1. The number of anilines is 2. The van der Waals surface area contributed by atoms with Crippen LogP contribution in [0.4, 0.5) is 16.3 Å². The summed E-state index contributed by atoms with van der Waals surface area (Å²) in [5.74, 6) is -0.542. The van der Waals surface area contributed by atoms with Crippen LogP contribution < -0.4 is 32.5 Å². The van der Waals surface area contributed by atoms with Crippen LogP contribution in [0, 0.1) is 0 Å². The highest BCUT2D eigenvalue weighted by Gasteiger charge is 2.25. The predicted octanol–water partition coefficient (Wildman–Crippen LogP) is -0.267. The zero-order valence-corrected chi connectivity index (χ0v) is 15.1. The maximum atomic E-state index is 12.2. The van der Waals surface area contributed by atoms with Crippen LogP contribution in [0.25, 0.3) is 0 Å². The van der Waals surface area contributed by atoms with Crippen molar-refractivity contribution in [3.05, 3.63) is 20.8 Å². The monoisotopic (exact) mass is 366 g/mol. The molecule has 26 heavy (non-hydrogen) atoms. The highest BCUT2D eigenvalue weighted by Crippen LogP contribution is 2.18. The number of nitrogens with one attached hydrogen (secondary N) is 3. The Bertz CT molecular complexity index is 780. The van der Waals surface area contributed by atoms with Crippen LogP contribution in [0.1, 0.15) is 39.5 Å². The van der Waals surface area contributed by atoms with E-state index in [1.807, 2.05) is 6.92 Å². The molecule has 3 amide bonds. The highest BCUT2D eigenvalue weighted by molar-refractivity contribution is 5.96. The molecule has 10 nitrogen and oxygen atoms in total. The summed E-state index contributed by atoms with van der Waals surface area (Å²) in [6, 6.07) is -0.422. The van der Waals surface area contributed by atoms with Crippen LogP contribution >= 0.6 is 0 Å². The Morgan fingerprint density at radius 2 is 2.00 bits per heavy atom. The molecule has 1 heterocycles. The number of unbranched alkanes of at least 4 members (excludes halogenated alkanes) is 1. The Balaban J connectivity index is 2.17. The second kappa shape index (κ2) is 8.54. The number of aromatic nitrogens is 2. The van der Waals surface area contributed by atoms with Gasteiger partial charge < -0.3 is 16.0 Å². The van der Waals surface area contributed by atoms with Crippen LogP contribution in [0.5, 0.6) is 0 Å². The van der Waals surface area contributed by atoms with Crippen molar-refractivity contribution in [2.75, 3.05) is 23.7 Å².